The number of hydrogen-bond acceptors (Lipinski definition) is 7. The molecule has 0 amide bonds. The maximum atomic E-state index is 5.87. The summed E-state index contributed by atoms with van der Waals surface area (Å²) in [6.07, 6.45) is 5.16. The summed E-state index contributed by atoms with van der Waals surface area (Å²) in [7, 11) is 0. The number of nitrogens with one attached hydrogen (secondary N) is 1. The van der Waals surface area contributed by atoms with Gasteiger partial charge < -0.3 is 9.47 Å². The molecule has 0 spiro atoms. The molecule has 0 radical (unpaired) electrons. The number of anilines is 1. The minimum atomic E-state index is 0.592. The number of thiazole rings is 1. The van der Waals surface area contributed by atoms with Gasteiger partial charge in [0, 0.05) is 5.38 Å². The second-order valence-corrected chi connectivity index (χ2v) is 7.89. The van der Waals surface area contributed by atoms with Crippen molar-refractivity contribution in [1.82, 2.24) is 4.98 Å². The van der Waals surface area contributed by atoms with E-state index in [1.165, 1.54) is 24.2 Å². The Morgan fingerprint density at radius 3 is 2.82 bits per heavy atom. The van der Waals surface area contributed by atoms with Crippen molar-refractivity contribution in [3.05, 3.63) is 46.7 Å². The van der Waals surface area contributed by atoms with Crippen molar-refractivity contribution in [2.45, 2.75) is 33.1 Å². The second-order valence-electron chi connectivity index (χ2n) is 6.08. The topological polar surface area (TPSA) is 55.7 Å². The van der Waals surface area contributed by atoms with Gasteiger partial charge in [0.25, 0.3) is 0 Å². The Labute approximate surface area is 174 Å². The van der Waals surface area contributed by atoms with Crippen LogP contribution in [0.4, 0.5) is 5.13 Å². The van der Waals surface area contributed by atoms with E-state index in [-0.39, 0.29) is 0 Å². The van der Waals surface area contributed by atoms with Crippen LogP contribution in [-0.4, -0.2) is 24.4 Å². The van der Waals surface area contributed by atoms with E-state index in [1.807, 2.05) is 41.9 Å². The third-order valence-electron chi connectivity index (χ3n) is 3.92. The molecular formula is C21H25N3O2S2. The molecule has 0 aliphatic heterocycles. The number of unbranched alkanes of at least 4 members (excludes halogenated alkanes) is 2. The fraction of sp³-hybridized carbons (Fsp3) is 0.333. The summed E-state index contributed by atoms with van der Waals surface area (Å²) < 4.78 is 11.6. The molecule has 1 N–H and O–H groups in total. The molecule has 0 bridgehead atoms. The number of rotatable bonds is 11. The van der Waals surface area contributed by atoms with Crippen molar-refractivity contribution in [3.8, 4) is 22.1 Å². The second kappa shape index (κ2) is 10.8. The van der Waals surface area contributed by atoms with Gasteiger partial charge in [-0.2, -0.15) is 5.10 Å². The van der Waals surface area contributed by atoms with Gasteiger partial charge in [-0.1, -0.05) is 25.8 Å². The van der Waals surface area contributed by atoms with E-state index in [0.717, 1.165) is 39.2 Å². The summed E-state index contributed by atoms with van der Waals surface area (Å²) in [5.74, 6) is 1.53. The molecule has 3 rings (SSSR count). The van der Waals surface area contributed by atoms with Crippen LogP contribution in [0.25, 0.3) is 10.6 Å². The minimum Gasteiger partial charge on any atom is -0.490 e. The molecule has 0 fully saturated rings. The molecule has 0 saturated heterocycles. The van der Waals surface area contributed by atoms with Crippen LogP contribution in [-0.2, 0) is 0 Å². The highest BCUT2D eigenvalue weighted by molar-refractivity contribution is 7.15. The third kappa shape index (κ3) is 5.81. The molecule has 2 heterocycles. The van der Waals surface area contributed by atoms with Crippen LogP contribution < -0.4 is 14.9 Å². The number of benzene rings is 1. The third-order valence-corrected chi connectivity index (χ3v) is 5.56. The lowest BCUT2D eigenvalue weighted by Gasteiger charge is -2.12. The Morgan fingerprint density at radius 2 is 2.04 bits per heavy atom. The Balaban J connectivity index is 1.60. The number of nitrogens with zero attached hydrogens (tertiary/aromatic N) is 2. The average molecular weight is 416 g/mol. The quantitative estimate of drug-likeness (QED) is 0.227. The predicted molar refractivity (Wildman–Crippen MR) is 119 cm³/mol. The molecule has 0 saturated carbocycles. The first-order chi connectivity index (χ1) is 13.8. The van der Waals surface area contributed by atoms with Crippen molar-refractivity contribution in [1.29, 1.82) is 0 Å². The number of ether oxygens (including phenoxy) is 2. The molecule has 7 heteroatoms. The van der Waals surface area contributed by atoms with Crippen LogP contribution in [0, 0.1) is 0 Å². The maximum absolute atomic E-state index is 5.87. The van der Waals surface area contributed by atoms with Crippen LogP contribution in [0.1, 0.15) is 38.7 Å². The van der Waals surface area contributed by atoms with E-state index in [2.05, 4.69) is 28.5 Å². The Bertz CT molecular complexity index is 876. The molecule has 2 aromatic heterocycles. The zero-order valence-corrected chi connectivity index (χ0v) is 17.8. The molecule has 5 nitrogen and oxygen atoms in total. The highest BCUT2D eigenvalue weighted by Crippen LogP contribution is 2.29. The largest absolute Gasteiger partial charge is 0.490 e. The Kier molecular flexibility index (Phi) is 7.87. The smallest absolute Gasteiger partial charge is 0.203 e. The van der Waals surface area contributed by atoms with Crippen LogP contribution >= 0.6 is 22.7 Å². The van der Waals surface area contributed by atoms with Crippen molar-refractivity contribution in [2.75, 3.05) is 18.6 Å². The highest BCUT2D eigenvalue weighted by Gasteiger charge is 2.07. The van der Waals surface area contributed by atoms with Crippen LogP contribution in [0.2, 0.25) is 0 Å². The molecule has 28 heavy (non-hydrogen) atoms. The summed E-state index contributed by atoms with van der Waals surface area (Å²) in [5.41, 5.74) is 4.91. The highest BCUT2D eigenvalue weighted by atomic mass is 32.1. The lowest BCUT2D eigenvalue weighted by molar-refractivity contribution is 0.271. The molecule has 0 atom stereocenters. The minimum absolute atomic E-state index is 0.592. The van der Waals surface area contributed by atoms with Gasteiger partial charge in [-0.05, 0) is 48.6 Å². The van der Waals surface area contributed by atoms with E-state index >= 15 is 0 Å². The summed E-state index contributed by atoms with van der Waals surface area (Å²) in [6, 6.07) is 9.95. The first-order valence-electron chi connectivity index (χ1n) is 9.48. The van der Waals surface area contributed by atoms with Gasteiger partial charge in [0.1, 0.15) is 0 Å². The molecule has 0 unspecified atom stereocenters. The van der Waals surface area contributed by atoms with Gasteiger partial charge in [0.15, 0.2) is 11.5 Å². The van der Waals surface area contributed by atoms with Crippen LogP contribution in [0.5, 0.6) is 11.5 Å². The molecule has 0 aliphatic rings. The maximum Gasteiger partial charge on any atom is 0.203 e. The number of aromatic nitrogens is 1. The zero-order chi connectivity index (χ0) is 19.6. The predicted octanol–water partition coefficient (Wildman–Crippen LogP) is 6.29. The molecule has 1 aromatic carbocycles. The van der Waals surface area contributed by atoms with Crippen molar-refractivity contribution in [2.24, 2.45) is 5.10 Å². The van der Waals surface area contributed by atoms with Crippen molar-refractivity contribution in [3.63, 3.8) is 0 Å². The fourth-order valence-electron chi connectivity index (χ4n) is 2.55. The van der Waals surface area contributed by atoms with Gasteiger partial charge >= 0.3 is 0 Å². The lowest BCUT2D eigenvalue weighted by atomic mass is 10.2. The molecular weight excluding hydrogens is 390 g/mol. The van der Waals surface area contributed by atoms with Crippen molar-refractivity contribution >= 4 is 34.0 Å². The fourth-order valence-corrected chi connectivity index (χ4v) is 3.97. The number of hydrazone groups is 1. The average Bonchev–Trinajstić information content (AvgIpc) is 3.38. The van der Waals surface area contributed by atoms with E-state index in [9.17, 15) is 0 Å². The lowest BCUT2D eigenvalue weighted by Crippen LogP contribution is -2.01. The van der Waals surface area contributed by atoms with Gasteiger partial charge in [0.05, 0.1) is 30.0 Å². The normalized spacial score (nSPS) is 11.1. The molecule has 3 aromatic rings. The van der Waals surface area contributed by atoms with E-state index in [4.69, 9.17) is 9.47 Å². The van der Waals surface area contributed by atoms with Crippen LogP contribution in [0.15, 0.2) is 46.2 Å². The number of hydrogen-bond donors (Lipinski definition) is 1. The standard InChI is InChI=1S/C21H25N3O2S2/c1-3-5-6-11-26-18-10-9-16(13-19(18)25-4-2)14-22-24-21-23-17(15-28-21)20-8-7-12-27-20/h7-10,12-15H,3-6,11H2,1-2H3,(H,23,24)/b22-14-. The van der Waals surface area contributed by atoms with E-state index in [0.29, 0.717) is 13.2 Å². The SMILES string of the molecule is CCCCCOc1ccc(/C=N\Nc2nc(-c3cccs3)cs2)cc1OCC. The monoisotopic (exact) mass is 415 g/mol. The Hall–Kier alpha value is -2.38. The summed E-state index contributed by atoms with van der Waals surface area (Å²) in [6.45, 7) is 5.45. The first kappa shape index (κ1) is 20.4. The van der Waals surface area contributed by atoms with Crippen LogP contribution in [0.3, 0.4) is 0 Å². The number of thiophene rings is 1. The van der Waals surface area contributed by atoms with Gasteiger partial charge in [-0.15, -0.1) is 22.7 Å². The van der Waals surface area contributed by atoms with Crippen molar-refractivity contribution < 1.29 is 9.47 Å². The molecule has 148 valence electrons. The van der Waals surface area contributed by atoms with Gasteiger partial charge in [-0.3, -0.25) is 5.43 Å². The van der Waals surface area contributed by atoms with Gasteiger partial charge in [0.2, 0.25) is 5.13 Å². The molecule has 0 aliphatic carbocycles. The summed E-state index contributed by atoms with van der Waals surface area (Å²) in [5, 5.41) is 9.15. The van der Waals surface area contributed by atoms with Gasteiger partial charge in [-0.25, -0.2) is 4.98 Å². The Morgan fingerprint density at radius 1 is 1.11 bits per heavy atom. The summed E-state index contributed by atoms with van der Waals surface area (Å²) in [4.78, 5) is 5.71. The zero-order valence-electron chi connectivity index (χ0n) is 16.2. The summed E-state index contributed by atoms with van der Waals surface area (Å²) >= 11 is 3.21. The van der Waals surface area contributed by atoms with E-state index < -0.39 is 0 Å². The van der Waals surface area contributed by atoms with E-state index in [1.54, 1.807) is 17.6 Å². The first-order valence-corrected chi connectivity index (χ1v) is 11.2.